The molecule has 0 bridgehead atoms. The normalized spacial score (nSPS) is 10.2. The van der Waals surface area contributed by atoms with Crippen molar-refractivity contribution >= 4 is 11.8 Å². The van der Waals surface area contributed by atoms with E-state index in [2.05, 4.69) is 0 Å². The molecule has 0 heterocycles. The molecule has 2 nitrogen and oxygen atoms in total. The summed E-state index contributed by atoms with van der Waals surface area (Å²) >= 11 is 1.45. The maximum atomic E-state index is 13.3. The van der Waals surface area contributed by atoms with E-state index in [1.807, 2.05) is 30.3 Å². The summed E-state index contributed by atoms with van der Waals surface area (Å²) in [6.45, 7) is 0.533. The summed E-state index contributed by atoms with van der Waals surface area (Å²) in [7, 11) is 1.63. The molecule has 0 aliphatic heterocycles. The van der Waals surface area contributed by atoms with Gasteiger partial charge in [-0.25, -0.2) is 4.39 Å². The lowest BCUT2D eigenvalue weighted by Crippen LogP contribution is -2.00. The Balaban J connectivity index is 1.76. The summed E-state index contributed by atoms with van der Waals surface area (Å²) in [5.74, 6) is 2.10. The molecule has 0 atom stereocenters. The van der Waals surface area contributed by atoms with Crippen LogP contribution in [0.5, 0.6) is 11.5 Å². The maximum Gasteiger partial charge on any atom is 0.136 e. The lowest BCUT2D eigenvalue weighted by atomic mass is 10.3. The number of hydrogen-bond donors (Lipinski definition) is 0. The van der Waals surface area contributed by atoms with Gasteiger partial charge < -0.3 is 9.47 Å². The molecule has 0 spiro atoms. The molecule has 19 heavy (non-hydrogen) atoms. The van der Waals surface area contributed by atoms with Gasteiger partial charge in [-0.1, -0.05) is 12.1 Å². The van der Waals surface area contributed by atoms with Gasteiger partial charge in [0.1, 0.15) is 17.3 Å². The summed E-state index contributed by atoms with van der Waals surface area (Å²) in [6.07, 6.45) is 0. The zero-order chi connectivity index (χ0) is 13.5. The van der Waals surface area contributed by atoms with Crippen LogP contribution in [0.4, 0.5) is 4.39 Å². The Hall–Kier alpha value is -1.68. The molecule has 0 radical (unpaired) electrons. The third-order valence-electron chi connectivity index (χ3n) is 2.51. The van der Waals surface area contributed by atoms with Gasteiger partial charge in [-0.3, -0.25) is 0 Å². The van der Waals surface area contributed by atoms with Crippen LogP contribution >= 0.6 is 11.8 Å². The van der Waals surface area contributed by atoms with E-state index in [1.165, 1.54) is 17.8 Å². The van der Waals surface area contributed by atoms with Crippen molar-refractivity contribution in [2.75, 3.05) is 19.5 Å². The van der Waals surface area contributed by atoms with Crippen LogP contribution in [0, 0.1) is 5.82 Å². The predicted molar refractivity (Wildman–Crippen MR) is 75.6 cm³/mol. The number of thioether (sulfide) groups is 1. The Bertz CT molecular complexity index is 514. The van der Waals surface area contributed by atoms with Crippen molar-refractivity contribution in [1.82, 2.24) is 0 Å². The van der Waals surface area contributed by atoms with Crippen molar-refractivity contribution < 1.29 is 13.9 Å². The van der Waals surface area contributed by atoms with Crippen molar-refractivity contribution in [1.29, 1.82) is 0 Å². The number of methoxy groups -OCH3 is 1. The van der Waals surface area contributed by atoms with Gasteiger partial charge in [-0.05, 0) is 36.4 Å². The maximum absolute atomic E-state index is 13.3. The van der Waals surface area contributed by atoms with Gasteiger partial charge in [0, 0.05) is 10.6 Å². The highest BCUT2D eigenvalue weighted by Gasteiger charge is 2.01. The quantitative estimate of drug-likeness (QED) is 0.587. The zero-order valence-corrected chi connectivity index (χ0v) is 11.5. The van der Waals surface area contributed by atoms with Gasteiger partial charge in [-0.15, -0.1) is 11.8 Å². The van der Waals surface area contributed by atoms with E-state index >= 15 is 0 Å². The van der Waals surface area contributed by atoms with E-state index in [1.54, 1.807) is 19.2 Å². The van der Waals surface area contributed by atoms with Gasteiger partial charge in [0.25, 0.3) is 0 Å². The van der Waals surface area contributed by atoms with Gasteiger partial charge >= 0.3 is 0 Å². The first kappa shape index (κ1) is 13.7. The Morgan fingerprint density at radius 1 is 1.00 bits per heavy atom. The van der Waals surface area contributed by atoms with E-state index in [-0.39, 0.29) is 5.82 Å². The van der Waals surface area contributed by atoms with Gasteiger partial charge in [0.05, 0.1) is 13.7 Å². The third-order valence-corrected chi connectivity index (χ3v) is 3.52. The van der Waals surface area contributed by atoms with Gasteiger partial charge in [-0.2, -0.15) is 0 Å². The molecular weight excluding hydrogens is 263 g/mol. The molecule has 0 saturated heterocycles. The first-order valence-corrected chi connectivity index (χ1v) is 6.92. The average Bonchev–Trinajstić information content (AvgIpc) is 2.46. The second-order valence-electron chi connectivity index (χ2n) is 3.80. The third kappa shape index (κ3) is 4.17. The Kier molecular flexibility index (Phi) is 5.10. The number of halogens is 1. The molecule has 2 aromatic rings. The van der Waals surface area contributed by atoms with Crippen LogP contribution in [-0.2, 0) is 0 Å². The van der Waals surface area contributed by atoms with Crippen LogP contribution in [0.2, 0.25) is 0 Å². The van der Waals surface area contributed by atoms with E-state index < -0.39 is 0 Å². The second kappa shape index (κ2) is 7.04. The highest BCUT2D eigenvalue weighted by atomic mass is 32.2. The summed E-state index contributed by atoms with van der Waals surface area (Å²) in [5, 5.41) is 0. The minimum Gasteiger partial charge on any atom is -0.497 e. The second-order valence-corrected chi connectivity index (χ2v) is 4.94. The summed E-state index contributed by atoms with van der Waals surface area (Å²) in [4.78, 5) is 0.654. The molecule has 0 N–H and O–H groups in total. The van der Waals surface area contributed by atoms with Crippen molar-refractivity contribution in [3.63, 3.8) is 0 Å². The topological polar surface area (TPSA) is 18.5 Å². The molecule has 2 aromatic carbocycles. The number of benzene rings is 2. The molecule has 0 amide bonds. The fourth-order valence-electron chi connectivity index (χ4n) is 1.54. The lowest BCUT2D eigenvalue weighted by Gasteiger charge is -2.07. The molecule has 0 unspecified atom stereocenters. The highest BCUT2D eigenvalue weighted by Crippen LogP contribution is 2.22. The van der Waals surface area contributed by atoms with E-state index in [0.29, 0.717) is 17.3 Å². The number of ether oxygens (including phenoxy) is 2. The largest absolute Gasteiger partial charge is 0.497 e. The first-order chi connectivity index (χ1) is 9.29. The van der Waals surface area contributed by atoms with E-state index in [9.17, 15) is 4.39 Å². The minimum atomic E-state index is -0.183. The monoisotopic (exact) mass is 278 g/mol. The molecule has 0 saturated carbocycles. The fourth-order valence-corrected chi connectivity index (χ4v) is 2.31. The molecule has 0 fully saturated rings. The average molecular weight is 278 g/mol. The van der Waals surface area contributed by atoms with Crippen LogP contribution < -0.4 is 9.47 Å². The van der Waals surface area contributed by atoms with Crippen LogP contribution in [0.25, 0.3) is 0 Å². The minimum absolute atomic E-state index is 0.183. The van der Waals surface area contributed by atoms with E-state index in [4.69, 9.17) is 9.47 Å². The molecule has 0 aliphatic carbocycles. The molecule has 4 heteroatoms. The molecule has 2 rings (SSSR count). The number of rotatable bonds is 6. The molecule has 0 aromatic heterocycles. The molecule has 0 aliphatic rings. The smallest absolute Gasteiger partial charge is 0.136 e. The Morgan fingerprint density at radius 3 is 2.37 bits per heavy atom. The van der Waals surface area contributed by atoms with Crippen molar-refractivity contribution in [3.8, 4) is 11.5 Å². The molecule has 100 valence electrons. The standard InChI is InChI=1S/C15H15FO2S/c1-17-12-6-8-13(9-7-12)18-10-11-19-15-5-3-2-4-14(15)16/h2-9H,10-11H2,1H3. The SMILES string of the molecule is COc1ccc(OCCSc2ccccc2F)cc1. The predicted octanol–water partition coefficient (Wildman–Crippen LogP) is 4.01. The van der Waals surface area contributed by atoms with Gasteiger partial charge in [0.15, 0.2) is 0 Å². The van der Waals surface area contributed by atoms with Crippen LogP contribution in [-0.4, -0.2) is 19.5 Å². The summed E-state index contributed by atoms with van der Waals surface area (Å²) in [6, 6.07) is 14.2. The van der Waals surface area contributed by atoms with Crippen LogP contribution in [0.15, 0.2) is 53.4 Å². The number of hydrogen-bond acceptors (Lipinski definition) is 3. The Morgan fingerprint density at radius 2 is 1.68 bits per heavy atom. The molecular formula is C15H15FO2S. The van der Waals surface area contributed by atoms with Gasteiger partial charge in [0.2, 0.25) is 0 Å². The van der Waals surface area contributed by atoms with Crippen molar-refractivity contribution in [2.45, 2.75) is 4.90 Å². The zero-order valence-electron chi connectivity index (χ0n) is 10.6. The fraction of sp³-hybridized carbons (Fsp3) is 0.200. The highest BCUT2D eigenvalue weighted by molar-refractivity contribution is 7.99. The van der Waals surface area contributed by atoms with Crippen LogP contribution in [0.3, 0.4) is 0 Å². The van der Waals surface area contributed by atoms with E-state index in [0.717, 1.165) is 11.5 Å². The first-order valence-electron chi connectivity index (χ1n) is 5.94. The summed E-state index contributed by atoms with van der Waals surface area (Å²) < 4.78 is 24.0. The van der Waals surface area contributed by atoms with Crippen molar-refractivity contribution in [3.05, 3.63) is 54.3 Å². The Labute approximate surface area is 116 Å². The van der Waals surface area contributed by atoms with Crippen LogP contribution in [0.1, 0.15) is 0 Å². The van der Waals surface area contributed by atoms with Crippen molar-refractivity contribution in [2.24, 2.45) is 0 Å². The lowest BCUT2D eigenvalue weighted by molar-refractivity contribution is 0.342. The summed E-state index contributed by atoms with van der Waals surface area (Å²) in [5.41, 5.74) is 0.